The highest BCUT2D eigenvalue weighted by molar-refractivity contribution is 6.05. The third kappa shape index (κ3) is 4.52. The van der Waals surface area contributed by atoms with Crippen LogP contribution in [0.15, 0.2) is 72.8 Å². The zero-order valence-corrected chi connectivity index (χ0v) is 18.2. The van der Waals surface area contributed by atoms with Gasteiger partial charge >= 0.3 is 12.0 Å². The van der Waals surface area contributed by atoms with E-state index in [1.165, 1.54) is 0 Å². The summed E-state index contributed by atoms with van der Waals surface area (Å²) in [6, 6.07) is 23.1. The lowest BCUT2D eigenvalue weighted by atomic mass is 9.99. The summed E-state index contributed by atoms with van der Waals surface area (Å²) in [6.07, 6.45) is 0.621. The fourth-order valence-electron chi connectivity index (χ4n) is 4.21. The predicted molar refractivity (Wildman–Crippen MR) is 129 cm³/mol. The molecule has 4 rings (SSSR count). The largest absolute Gasteiger partial charge is 0.481 e. The van der Waals surface area contributed by atoms with Gasteiger partial charge < -0.3 is 25.5 Å². The van der Waals surface area contributed by atoms with E-state index in [1.54, 1.807) is 6.07 Å². The van der Waals surface area contributed by atoms with Crippen LogP contribution in [0.2, 0.25) is 0 Å². The molecule has 0 radical (unpaired) electrons. The molecule has 33 heavy (non-hydrogen) atoms. The quantitative estimate of drug-likeness (QED) is 0.361. The van der Waals surface area contributed by atoms with Gasteiger partial charge in [-0.25, -0.2) is 9.59 Å². The van der Waals surface area contributed by atoms with E-state index >= 15 is 0 Å². The second-order valence-electron chi connectivity index (χ2n) is 7.61. The number of aromatic nitrogens is 1. The van der Waals surface area contributed by atoms with Crippen molar-refractivity contribution in [3.63, 3.8) is 0 Å². The molecule has 0 atom stereocenters. The number of nitrogens with one attached hydrogen (secondary N) is 1. The Morgan fingerprint density at radius 1 is 1.00 bits per heavy atom. The Balaban J connectivity index is 1.89. The van der Waals surface area contributed by atoms with Crippen molar-refractivity contribution in [3.05, 3.63) is 84.1 Å². The van der Waals surface area contributed by atoms with Crippen molar-refractivity contribution in [2.75, 3.05) is 11.9 Å². The molecule has 0 aliphatic carbocycles. The first-order chi connectivity index (χ1) is 16.0. The minimum Gasteiger partial charge on any atom is -0.481 e. The Bertz CT molecular complexity index is 1310. The van der Waals surface area contributed by atoms with E-state index in [1.807, 2.05) is 49.4 Å². The van der Waals surface area contributed by atoms with E-state index in [2.05, 4.69) is 34.1 Å². The van der Waals surface area contributed by atoms with Crippen molar-refractivity contribution < 1.29 is 19.4 Å². The zero-order valence-electron chi connectivity index (χ0n) is 18.2. The molecule has 0 aliphatic rings. The van der Waals surface area contributed by atoms with Crippen molar-refractivity contribution in [3.8, 4) is 16.9 Å². The third-order valence-electron chi connectivity index (χ3n) is 5.52. The summed E-state index contributed by atoms with van der Waals surface area (Å²) >= 11 is 0. The fraction of sp³-hybridized carbons (Fsp3) is 0.154. The van der Waals surface area contributed by atoms with Crippen LogP contribution in [0.25, 0.3) is 22.0 Å². The summed E-state index contributed by atoms with van der Waals surface area (Å²) < 4.78 is 7.68. The number of aliphatic carboxylic acids is 1. The van der Waals surface area contributed by atoms with Crippen LogP contribution in [-0.4, -0.2) is 28.3 Å². The highest BCUT2D eigenvalue weighted by Gasteiger charge is 2.21. The number of anilines is 1. The summed E-state index contributed by atoms with van der Waals surface area (Å²) in [5.41, 5.74) is 11.1. The standard InChI is InChI=1S/C26H25N3O4/c1-2-20-25(28-26(27)32)24-21(13-8-14-22(24)33-16-23(30)31)29(20)15-18-11-6-7-12-19(18)17-9-4-3-5-10-17/h3-14H,2,15-16H2,1H3,(H,30,31)(H3,27,28,32). The van der Waals surface area contributed by atoms with Crippen molar-refractivity contribution in [2.45, 2.75) is 19.9 Å². The maximum Gasteiger partial charge on any atom is 0.341 e. The predicted octanol–water partition coefficient (Wildman–Crippen LogP) is 4.87. The van der Waals surface area contributed by atoms with Crippen LogP contribution in [0.3, 0.4) is 0 Å². The summed E-state index contributed by atoms with van der Waals surface area (Å²) in [5, 5.41) is 12.5. The molecule has 0 aliphatic heterocycles. The van der Waals surface area contributed by atoms with Crippen LogP contribution in [0, 0.1) is 0 Å². The van der Waals surface area contributed by atoms with E-state index in [-0.39, 0.29) is 0 Å². The van der Waals surface area contributed by atoms with Crippen molar-refractivity contribution >= 4 is 28.6 Å². The number of rotatable bonds is 8. The molecule has 2 amide bonds. The zero-order chi connectivity index (χ0) is 23.4. The number of carboxylic acids is 1. The average Bonchev–Trinajstić information content (AvgIpc) is 3.10. The lowest BCUT2D eigenvalue weighted by Crippen LogP contribution is -2.20. The molecule has 0 saturated heterocycles. The number of primary amides is 1. The molecule has 0 spiro atoms. The van der Waals surface area contributed by atoms with E-state index < -0.39 is 18.6 Å². The Kier molecular flexibility index (Phi) is 6.31. The van der Waals surface area contributed by atoms with Crippen LogP contribution < -0.4 is 15.8 Å². The van der Waals surface area contributed by atoms with E-state index in [0.717, 1.165) is 27.9 Å². The third-order valence-corrected chi connectivity index (χ3v) is 5.52. The van der Waals surface area contributed by atoms with Gasteiger partial charge in [-0.3, -0.25) is 0 Å². The van der Waals surface area contributed by atoms with Gasteiger partial charge in [-0.05, 0) is 35.2 Å². The van der Waals surface area contributed by atoms with E-state index in [9.17, 15) is 9.59 Å². The lowest BCUT2D eigenvalue weighted by molar-refractivity contribution is -0.139. The minimum atomic E-state index is -1.08. The molecule has 1 heterocycles. The molecule has 7 nitrogen and oxygen atoms in total. The summed E-state index contributed by atoms with van der Waals surface area (Å²) in [5.74, 6) is -0.702. The van der Waals surface area contributed by atoms with Gasteiger partial charge in [-0.1, -0.05) is 67.6 Å². The Labute approximate surface area is 191 Å². The lowest BCUT2D eigenvalue weighted by Gasteiger charge is -2.15. The Morgan fingerprint density at radius 2 is 1.73 bits per heavy atom. The van der Waals surface area contributed by atoms with Crippen LogP contribution >= 0.6 is 0 Å². The van der Waals surface area contributed by atoms with Crippen LogP contribution in [0.1, 0.15) is 18.2 Å². The van der Waals surface area contributed by atoms with Gasteiger partial charge in [0.2, 0.25) is 0 Å². The molecule has 168 valence electrons. The second kappa shape index (κ2) is 9.48. The summed E-state index contributed by atoms with van der Waals surface area (Å²) in [7, 11) is 0. The molecular formula is C26H25N3O4. The number of hydrogen-bond acceptors (Lipinski definition) is 3. The molecule has 7 heteroatoms. The molecule has 0 fully saturated rings. The monoisotopic (exact) mass is 443 g/mol. The van der Waals surface area contributed by atoms with Crippen molar-refractivity contribution in [1.82, 2.24) is 4.57 Å². The first-order valence-electron chi connectivity index (χ1n) is 10.7. The summed E-state index contributed by atoms with van der Waals surface area (Å²) in [4.78, 5) is 22.9. The molecule has 0 saturated carbocycles. The van der Waals surface area contributed by atoms with Crippen LogP contribution in [0.5, 0.6) is 5.75 Å². The topological polar surface area (TPSA) is 107 Å². The number of nitrogens with zero attached hydrogens (tertiary/aromatic N) is 1. The van der Waals surface area contributed by atoms with Gasteiger partial charge in [0, 0.05) is 12.2 Å². The number of carbonyl (C=O) groups excluding carboxylic acids is 1. The molecule has 3 aromatic carbocycles. The molecular weight excluding hydrogens is 418 g/mol. The normalized spacial score (nSPS) is 10.8. The fourth-order valence-corrected chi connectivity index (χ4v) is 4.21. The average molecular weight is 444 g/mol. The van der Waals surface area contributed by atoms with Gasteiger partial charge in [-0.15, -0.1) is 0 Å². The molecule has 1 aromatic heterocycles. The Morgan fingerprint density at radius 3 is 2.42 bits per heavy atom. The highest BCUT2D eigenvalue weighted by atomic mass is 16.5. The smallest absolute Gasteiger partial charge is 0.341 e. The number of hydrogen-bond donors (Lipinski definition) is 3. The number of fused-ring (bicyclic) bond motifs is 1. The SMILES string of the molecule is CCc1c(NC(N)=O)c2c(OCC(=O)O)cccc2n1Cc1ccccc1-c1ccccc1. The van der Waals surface area contributed by atoms with Gasteiger partial charge in [0.25, 0.3) is 0 Å². The second-order valence-corrected chi connectivity index (χ2v) is 7.61. The molecule has 4 N–H and O–H groups in total. The molecule has 4 aromatic rings. The highest BCUT2D eigenvalue weighted by Crippen LogP contribution is 2.39. The molecule has 0 unspecified atom stereocenters. The number of carbonyl (C=O) groups is 2. The molecule has 0 bridgehead atoms. The van der Waals surface area contributed by atoms with Crippen molar-refractivity contribution in [1.29, 1.82) is 0 Å². The van der Waals surface area contributed by atoms with Gasteiger partial charge in [0.15, 0.2) is 6.61 Å². The number of carboxylic acid groups (broad SMARTS) is 1. The van der Waals surface area contributed by atoms with Crippen LogP contribution in [-0.2, 0) is 17.8 Å². The minimum absolute atomic E-state index is 0.378. The number of nitrogens with two attached hydrogens (primary N) is 1. The van der Waals surface area contributed by atoms with E-state index in [4.69, 9.17) is 15.6 Å². The first kappa shape index (κ1) is 22.0. The van der Waals surface area contributed by atoms with Crippen molar-refractivity contribution in [2.24, 2.45) is 5.73 Å². The summed E-state index contributed by atoms with van der Waals surface area (Å²) in [6.45, 7) is 2.06. The maximum absolute atomic E-state index is 11.8. The maximum atomic E-state index is 11.8. The number of ether oxygens (including phenoxy) is 1. The Hall–Kier alpha value is -4.26. The van der Waals surface area contributed by atoms with Gasteiger partial charge in [-0.2, -0.15) is 0 Å². The first-order valence-corrected chi connectivity index (χ1v) is 10.7. The van der Waals surface area contributed by atoms with Gasteiger partial charge in [0.1, 0.15) is 5.75 Å². The van der Waals surface area contributed by atoms with Crippen LogP contribution in [0.4, 0.5) is 10.5 Å². The van der Waals surface area contributed by atoms with E-state index in [0.29, 0.717) is 29.8 Å². The number of benzene rings is 3. The number of amides is 2. The number of urea groups is 1. The van der Waals surface area contributed by atoms with Gasteiger partial charge in [0.05, 0.1) is 16.6 Å².